The molecule has 352 valence electrons. The predicted octanol–water partition coefficient (Wildman–Crippen LogP) is 14.0. The Morgan fingerprint density at radius 3 is 1.37 bits per heavy atom. The largest absolute Gasteiger partial charge is 0.480 e. The van der Waals surface area contributed by atoms with E-state index in [9.17, 15) is 19.0 Å². The van der Waals surface area contributed by atoms with Gasteiger partial charge in [-0.15, -0.1) is 0 Å². The number of ether oxygens (including phenoxy) is 2. The molecule has 0 aliphatic carbocycles. The number of aliphatic carboxylic acids is 1. The summed E-state index contributed by atoms with van der Waals surface area (Å²) in [4.78, 5) is 33.6. The molecule has 0 rings (SSSR count). The van der Waals surface area contributed by atoms with Gasteiger partial charge in [0.25, 0.3) is 0 Å². The minimum atomic E-state index is -4.62. The van der Waals surface area contributed by atoms with Gasteiger partial charge in [0.2, 0.25) is 0 Å². The molecule has 0 radical (unpaired) electrons. The van der Waals surface area contributed by atoms with E-state index in [1.807, 2.05) is 0 Å². The summed E-state index contributed by atoms with van der Waals surface area (Å²) in [6, 6.07) is -1.47. The number of phosphoric ester groups is 1. The molecule has 0 bridgehead atoms. The van der Waals surface area contributed by atoms with Gasteiger partial charge < -0.3 is 25.2 Å². The van der Waals surface area contributed by atoms with Gasteiger partial charge in [0, 0.05) is 13.0 Å². The summed E-state index contributed by atoms with van der Waals surface area (Å²) in [5.41, 5.74) is 5.37. The normalized spacial score (nSPS) is 14.1. The van der Waals surface area contributed by atoms with Crippen molar-refractivity contribution in [3.63, 3.8) is 0 Å². The molecule has 0 aliphatic heterocycles. The lowest BCUT2D eigenvalue weighted by Gasteiger charge is -2.20. The molecule has 0 aromatic heterocycles. The van der Waals surface area contributed by atoms with Crippen molar-refractivity contribution in [2.45, 2.75) is 238 Å². The summed E-state index contributed by atoms with van der Waals surface area (Å²) >= 11 is 0. The van der Waals surface area contributed by atoms with Crippen molar-refractivity contribution in [3.8, 4) is 0 Å². The van der Waals surface area contributed by atoms with E-state index in [1.165, 1.54) is 128 Å². The molecule has 0 aliphatic rings. The molecule has 0 amide bonds. The molecule has 0 fully saturated rings. The van der Waals surface area contributed by atoms with Gasteiger partial charge in [0.05, 0.1) is 19.8 Å². The van der Waals surface area contributed by atoms with Crippen LogP contribution >= 0.6 is 7.82 Å². The second kappa shape index (κ2) is 45.2. The van der Waals surface area contributed by atoms with Gasteiger partial charge in [0.1, 0.15) is 12.1 Å². The first kappa shape index (κ1) is 58.2. The number of nitrogens with two attached hydrogens (primary N) is 1. The van der Waals surface area contributed by atoms with Gasteiger partial charge in [0.15, 0.2) is 0 Å². The maximum atomic E-state index is 12.7. The van der Waals surface area contributed by atoms with Crippen molar-refractivity contribution in [2.24, 2.45) is 5.73 Å². The monoisotopic (exact) mass is 870 g/mol. The fourth-order valence-electron chi connectivity index (χ4n) is 6.85. The van der Waals surface area contributed by atoms with Crippen molar-refractivity contribution in [3.05, 3.63) is 36.5 Å². The predicted molar refractivity (Wildman–Crippen MR) is 249 cm³/mol. The minimum Gasteiger partial charge on any atom is -0.480 e. The number of esters is 1. The molecule has 0 aromatic rings. The maximum absolute atomic E-state index is 12.7. The van der Waals surface area contributed by atoms with Crippen LogP contribution in [0.5, 0.6) is 0 Å². The summed E-state index contributed by atoms with van der Waals surface area (Å²) in [5.74, 6) is -1.78. The molecule has 0 saturated carbocycles. The Bertz CT molecular complexity index is 1100. The van der Waals surface area contributed by atoms with Crippen LogP contribution in [-0.2, 0) is 32.7 Å². The first-order valence-corrected chi connectivity index (χ1v) is 26.0. The van der Waals surface area contributed by atoms with E-state index in [0.29, 0.717) is 13.0 Å². The third-order valence-corrected chi connectivity index (χ3v) is 11.6. The zero-order chi connectivity index (χ0) is 44.0. The second-order valence-electron chi connectivity index (χ2n) is 16.6. The Morgan fingerprint density at radius 1 is 0.533 bits per heavy atom. The SMILES string of the molecule is CCCCCCC/C=C\C/C=C\C/C=C\CCCCCCCCC(=O)OC(COCCCCCCCCCCCCCCCCCCC)COP(=O)(O)OCC(N)C(=O)O. The average molecular weight is 870 g/mol. The van der Waals surface area contributed by atoms with Crippen molar-refractivity contribution in [1.82, 2.24) is 0 Å². The number of phosphoric acid groups is 1. The molecule has 0 aromatic carbocycles. The highest BCUT2D eigenvalue weighted by molar-refractivity contribution is 7.47. The first-order valence-electron chi connectivity index (χ1n) is 24.5. The maximum Gasteiger partial charge on any atom is 0.472 e. The number of carboxylic acid groups (broad SMARTS) is 1. The minimum absolute atomic E-state index is 0.0145. The van der Waals surface area contributed by atoms with Gasteiger partial charge in [-0.05, 0) is 51.4 Å². The summed E-state index contributed by atoms with van der Waals surface area (Å²) in [6.07, 6.45) is 51.9. The third-order valence-electron chi connectivity index (χ3n) is 10.7. The average Bonchev–Trinajstić information content (AvgIpc) is 3.23. The molecular formula is C49H92NO9P. The van der Waals surface area contributed by atoms with Crippen LogP contribution in [0.4, 0.5) is 0 Å². The Balaban J connectivity index is 4.19. The van der Waals surface area contributed by atoms with Gasteiger partial charge in [-0.25, -0.2) is 4.57 Å². The topological polar surface area (TPSA) is 155 Å². The van der Waals surface area contributed by atoms with Crippen LogP contribution in [0, 0.1) is 0 Å². The van der Waals surface area contributed by atoms with E-state index in [1.54, 1.807) is 0 Å². The van der Waals surface area contributed by atoms with Crippen LogP contribution in [0.25, 0.3) is 0 Å². The fourth-order valence-corrected chi connectivity index (χ4v) is 7.63. The quantitative estimate of drug-likeness (QED) is 0.0233. The Labute approximate surface area is 367 Å². The van der Waals surface area contributed by atoms with Crippen LogP contribution in [0.3, 0.4) is 0 Å². The lowest BCUT2D eigenvalue weighted by molar-refractivity contribution is -0.154. The number of rotatable bonds is 47. The zero-order valence-corrected chi connectivity index (χ0v) is 39.5. The van der Waals surface area contributed by atoms with Gasteiger partial charge >= 0.3 is 19.8 Å². The summed E-state index contributed by atoms with van der Waals surface area (Å²) in [6.45, 7) is 3.89. The summed E-state index contributed by atoms with van der Waals surface area (Å²) < 4.78 is 33.5. The van der Waals surface area contributed by atoms with E-state index >= 15 is 0 Å². The molecule has 3 unspecified atom stereocenters. The Morgan fingerprint density at radius 2 is 0.917 bits per heavy atom. The Hall–Kier alpha value is -1.81. The number of unbranched alkanes of at least 4 members (excludes halogenated alkanes) is 27. The van der Waals surface area contributed by atoms with Crippen molar-refractivity contribution in [1.29, 1.82) is 0 Å². The van der Waals surface area contributed by atoms with E-state index < -0.39 is 45.1 Å². The lowest BCUT2D eigenvalue weighted by Crippen LogP contribution is -2.34. The van der Waals surface area contributed by atoms with Gasteiger partial charge in [-0.1, -0.05) is 204 Å². The second-order valence-corrected chi connectivity index (χ2v) is 18.1. The highest BCUT2D eigenvalue weighted by atomic mass is 31.2. The molecule has 60 heavy (non-hydrogen) atoms. The molecule has 3 atom stereocenters. The van der Waals surface area contributed by atoms with Crippen LogP contribution < -0.4 is 5.73 Å². The number of allylic oxidation sites excluding steroid dienone is 6. The number of hydrogen-bond acceptors (Lipinski definition) is 8. The van der Waals surface area contributed by atoms with Gasteiger partial charge in [-0.3, -0.25) is 18.6 Å². The van der Waals surface area contributed by atoms with Crippen LogP contribution in [0.15, 0.2) is 36.5 Å². The molecule has 0 heterocycles. The van der Waals surface area contributed by atoms with Gasteiger partial charge in [-0.2, -0.15) is 0 Å². The lowest BCUT2D eigenvalue weighted by atomic mass is 10.0. The van der Waals surface area contributed by atoms with Crippen LogP contribution in [0.1, 0.15) is 226 Å². The zero-order valence-electron chi connectivity index (χ0n) is 38.6. The molecule has 11 heteroatoms. The van der Waals surface area contributed by atoms with Crippen LogP contribution in [-0.4, -0.2) is 60.5 Å². The standard InChI is InChI=1S/C49H92NO9P/c1-3-5-7-9-11-13-15-17-19-21-22-23-24-25-27-29-31-33-35-37-39-41-48(51)59-46(44-57-60(54,55)58-45-47(50)49(52)53)43-56-42-40-38-36-34-32-30-28-26-20-18-16-14-12-10-8-6-4-2/h15,17,21-22,24-25,46-47H,3-14,16,18-20,23,26-45,50H2,1-2H3,(H,52,53)(H,54,55)/b17-15-,22-21-,25-24-. The van der Waals surface area contributed by atoms with Crippen molar-refractivity contribution in [2.75, 3.05) is 26.4 Å². The molecule has 0 spiro atoms. The third kappa shape index (κ3) is 44.3. The smallest absolute Gasteiger partial charge is 0.472 e. The Kier molecular flexibility index (Phi) is 43.9. The van der Waals surface area contributed by atoms with E-state index in [2.05, 4.69) is 50.3 Å². The molecule has 0 saturated heterocycles. The number of carboxylic acids is 1. The summed E-state index contributed by atoms with van der Waals surface area (Å²) in [7, 11) is -4.62. The fraction of sp³-hybridized carbons (Fsp3) is 0.837. The van der Waals surface area contributed by atoms with Crippen molar-refractivity contribution < 1.29 is 42.7 Å². The van der Waals surface area contributed by atoms with Crippen molar-refractivity contribution >= 4 is 19.8 Å². The molecule has 4 N–H and O–H groups in total. The van der Waals surface area contributed by atoms with E-state index in [-0.39, 0.29) is 13.0 Å². The van der Waals surface area contributed by atoms with Crippen LogP contribution in [0.2, 0.25) is 0 Å². The van der Waals surface area contributed by atoms with E-state index in [0.717, 1.165) is 70.6 Å². The molecular weight excluding hydrogens is 778 g/mol. The molecule has 10 nitrogen and oxygen atoms in total. The van der Waals surface area contributed by atoms with E-state index in [4.69, 9.17) is 29.4 Å². The first-order chi connectivity index (χ1) is 29.2. The number of carbonyl (C=O) groups excluding carboxylic acids is 1. The number of hydrogen-bond donors (Lipinski definition) is 3. The highest BCUT2D eigenvalue weighted by Gasteiger charge is 2.27. The summed E-state index contributed by atoms with van der Waals surface area (Å²) in [5, 5.41) is 8.92. The number of carbonyl (C=O) groups is 2. The highest BCUT2D eigenvalue weighted by Crippen LogP contribution is 2.43.